The lowest BCUT2D eigenvalue weighted by molar-refractivity contribution is 0.239. The molecule has 6 rings (SSSR count). The molecular formula is C44H46O2S2. The zero-order valence-corrected chi connectivity index (χ0v) is 30.5. The van der Waals surface area contributed by atoms with Crippen LogP contribution in [0.25, 0.3) is 43.8 Å². The second-order valence-corrected chi connectivity index (χ2v) is 15.6. The molecule has 48 heavy (non-hydrogen) atoms. The van der Waals surface area contributed by atoms with E-state index in [0.717, 1.165) is 24.3 Å². The van der Waals surface area contributed by atoms with E-state index >= 15 is 0 Å². The Morgan fingerprint density at radius 1 is 0.479 bits per heavy atom. The van der Waals surface area contributed by atoms with Crippen LogP contribution in [0.4, 0.5) is 0 Å². The average Bonchev–Trinajstić information content (AvgIpc) is 3.10. The van der Waals surface area contributed by atoms with Gasteiger partial charge in [0.1, 0.15) is 11.5 Å². The number of rotatable bonds is 13. The van der Waals surface area contributed by atoms with E-state index in [-0.39, 0.29) is 22.7 Å². The van der Waals surface area contributed by atoms with E-state index in [1.807, 2.05) is 21.6 Å². The molecule has 246 valence electrons. The molecule has 6 aromatic rings. The molecule has 0 aromatic heterocycles. The first-order valence-electron chi connectivity index (χ1n) is 17.3. The van der Waals surface area contributed by atoms with Crippen LogP contribution in [0, 0.1) is 0 Å². The van der Waals surface area contributed by atoms with Crippen LogP contribution >= 0.6 is 21.6 Å². The Morgan fingerprint density at radius 3 is 1.27 bits per heavy atom. The number of fused-ring (bicyclic) bond motifs is 2. The first-order chi connectivity index (χ1) is 23.4. The van der Waals surface area contributed by atoms with Crippen LogP contribution in [-0.2, 0) is 0 Å². The first kappa shape index (κ1) is 34.0. The lowest BCUT2D eigenvalue weighted by atomic mass is 9.96. The van der Waals surface area contributed by atoms with Crippen LogP contribution in [-0.4, -0.2) is 12.2 Å². The van der Waals surface area contributed by atoms with Crippen molar-refractivity contribution in [2.45, 2.75) is 77.1 Å². The van der Waals surface area contributed by atoms with Crippen molar-refractivity contribution >= 4 is 43.1 Å². The smallest absolute Gasteiger partial charge is 0.124 e. The minimum Gasteiger partial charge on any atom is -0.491 e. The molecule has 0 saturated heterocycles. The molecule has 0 amide bonds. The molecule has 0 saturated carbocycles. The number of benzene rings is 6. The van der Waals surface area contributed by atoms with Crippen LogP contribution in [0.15, 0.2) is 121 Å². The highest BCUT2D eigenvalue weighted by Crippen LogP contribution is 2.52. The maximum Gasteiger partial charge on any atom is 0.124 e. The van der Waals surface area contributed by atoms with Gasteiger partial charge in [-0.1, -0.05) is 145 Å². The van der Waals surface area contributed by atoms with Crippen molar-refractivity contribution in [3.63, 3.8) is 0 Å². The molecule has 0 bridgehead atoms. The number of hydrogen-bond donors (Lipinski definition) is 0. The van der Waals surface area contributed by atoms with Crippen LogP contribution in [0.2, 0.25) is 0 Å². The lowest BCUT2D eigenvalue weighted by Gasteiger charge is -2.25. The van der Waals surface area contributed by atoms with Gasteiger partial charge in [-0.15, -0.1) is 0 Å². The summed E-state index contributed by atoms with van der Waals surface area (Å²) in [6.45, 7) is 13.0. The summed E-state index contributed by atoms with van der Waals surface area (Å²) in [4.78, 5) is 0. The maximum absolute atomic E-state index is 6.53. The number of ether oxygens (including phenoxy) is 2. The fourth-order valence-electron chi connectivity index (χ4n) is 6.42. The Bertz CT molecular complexity index is 1840. The molecule has 4 heteroatoms. The molecule has 6 aromatic carbocycles. The molecule has 0 N–H and O–H groups in total. The molecule has 0 spiro atoms. The van der Waals surface area contributed by atoms with Crippen molar-refractivity contribution in [2.24, 2.45) is 0 Å². The van der Waals surface area contributed by atoms with Gasteiger partial charge in [-0.05, 0) is 96.5 Å². The molecular weight excluding hydrogens is 625 g/mol. The van der Waals surface area contributed by atoms with E-state index in [1.165, 1.54) is 54.9 Å². The third-order valence-electron chi connectivity index (χ3n) is 8.68. The SMILES string of the molecule is CC[C@@H](SS[C@H](CC)c1ccc(-c2cccc3ccccc23)cc1OC(C)C)c1ccc(-c2cccc3ccccc23)cc1OC(C)C. The van der Waals surface area contributed by atoms with E-state index in [4.69, 9.17) is 9.47 Å². The molecule has 0 fully saturated rings. The van der Waals surface area contributed by atoms with Crippen LogP contribution in [0.1, 0.15) is 76.0 Å². The summed E-state index contributed by atoms with van der Waals surface area (Å²) in [6.07, 6.45) is 2.18. The number of hydrogen-bond acceptors (Lipinski definition) is 4. The van der Waals surface area contributed by atoms with Gasteiger partial charge in [0.25, 0.3) is 0 Å². The van der Waals surface area contributed by atoms with E-state index in [1.54, 1.807) is 0 Å². The van der Waals surface area contributed by atoms with Gasteiger partial charge in [0.2, 0.25) is 0 Å². The molecule has 0 aliphatic carbocycles. The summed E-state index contributed by atoms with van der Waals surface area (Å²) in [5, 5.41) is 5.59. The largest absolute Gasteiger partial charge is 0.491 e. The molecule has 0 heterocycles. The van der Waals surface area contributed by atoms with Crippen molar-refractivity contribution < 1.29 is 9.47 Å². The maximum atomic E-state index is 6.53. The summed E-state index contributed by atoms with van der Waals surface area (Å²) >= 11 is 0. The van der Waals surface area contributed by atoms with Gasteiger partial charge < -0.3 is 9.47 Å². The monoisotopic (exact) mass is 670 g/mol. The van der Waals surface area contributed by atoms with Crippen molar-refractivity contribution in [1.29, 1.82) is 0 Å². The van der Waals surface area contributed by atoms with Gasteiger partial charge in [0.15, 0.2) is 0 Å². The Morgan fingerprint density at radius 2 is 0.875 bits per heavy atom. The lowest BCUT2D eigenvalue weighted by Crippen LogP contribution is -2.09. The highest BCUT2D eigenvalue weighted by molar-refractivity contribution is 8.76. The minimum absolute atomic E-state index is 0.0843. The summed E-state index contributed by atoms with van der Waals surface area (Å²) in [7, 11) is 3.92. The fraction of sp³-hybridized carbons (Fsp3) is 0.273. The molecule has 0 radical (unpaired) electrons. The third kappa shape index (κ3) is 7.56. The average molecular weight is 671 g/mol. The second kappa shape index (κ2) is 15.6. The van der Waals surface area contributed by atoms with Gasteiger partial charge in [-0.2, -0.15) is 0 Å². The Balaban J connectivity index is 1.29. The summed E-state index contributed by atoms with van der Waals surface area (Å²) in [5.41, 5.74) is 7.36. The molecule has 0 aliphatic rings. The van der Waals surface area contributed by atoms with Gasteiger partial charge in [-0.3, -0.25) is 0 Å². The van der Waals surface area contributed by atoms with Crippen molar-refractivity contribution in [3.8, 4) is 33.8 Å². The normalized spacial score (nSPS) is 12.9. The van der Waals surface area contributed by atoms with E-state index in [2.05, 4.69) is 163 Å². The molecule has 0 aliphatic heterocycles. The standard InChI is InChI=1S/C44H46O2S2/c1-7-43(39-25-23-33(27-41(39)45-29(3)4)37-21-13-17-31-15-9-11-19-35(31)37)47-48-44(8-2)40-26-24-34(28-42(40)46-30(5)6)38-22-14-18-32-16-10-12-20-36(32)38/h9-30,43-44H,7-8H2,1-6H3/t43-,44-/m1/s1. The minimum atomic E-state index is 0.0843. The second-order valence-electron chi connectivity index (χ2n) is 12.9. The quantitative estimate of drug-likeness (QED) is 0.114. The first-order valence-corrected chi connectivity index (χ1v) is 19.5. The fourth-order valence-corrected chi connectivity index (χ4v) is 9.80. The van der Waals surface area contributed by atoms with Crippen molar-refractivity contribution in [1.82, 2.24) is 0 Å². The van der Waals surface area contributed by atoms with E-state index in [0.29, 0.717) is 0 Å². The van der Waals surface area contributed by atoms with Crippen molar-refractivity contribution in [3.05, 3.63) is 132 Å². The third-order valence-corrected chi connectivity index (χ3v) is 12.2. The molecule has 0 unspecified atom stereocenters. The van der Waals surface area contributed by atoms with Gasteiger partial charge in [-0.25, -0.2) is 0 Å². The Kier molecular flexibility index (Phi) is 11.0. The summed E-state index contributed by atoms with van der Waals surface area (Å²) < 4.78 is 13.1. The molecule has 2 atom stereocenters. The summed E-state index contributed by atoms with van der Waals surface area (Å²) in [6, 6.07) is 43.9. The predicted molar refractivity (Wildman–Crippen MR) is 212 cm³/mol. The van der Waals surface area contributed by atoms with Gasteiger partial charge >= 0.3 is 0 Å². The van der Waals surface area contributed by atoms with Crippen LogP contribution in [0.5, 0.6) is 11.5 Å². The van der Waals surface area contributed by atoms with Crippen LogP contribution < -0.4 is 9.47 Å². The molecule has 2 nitrogen and oxygen atoms in total. The topological polar surface area (TPSA) is 18.5 Å². The zero-order valence-electron chi connectivity index (χ0n) is 28.9. The highest BCUT2D eigenvalue weighted by Gasteiger charge is 2.23. The van der Waals surface area contributed by atoms with Gasteiger partial charge in [0.05, 0.1) is 12.2 Å². The summed E-state index contributed by atoms with van der Waals surface area (Å²) in [5.74, 6) is 1.96. The Hall–Kier alpha value is -3.86. The van der Waals surface area contributed by atoms with Crippen LogP contribution in [0.3, 0.4) is 0 Å². The predicted octanol–water partition coefficient (Wildman–Crippen LogP) is 13.9. The zero-order chi connectivity index (χ0) is 33.6. The Labute approximate surface area is 294 Å². The van der Waals surface area contributed by atoms with E-state index in [9.17, 15) is 0 Å². The highest BCUT2D eigenvalue weighted by atomic mass is 33.1. The van der Waals surface area contributed by atoms with Crippen molar-refractivity contribution in [2.75, 3.05) is 0 Å². The van der Waals surface area contributed by atoms with Gasteiger partial charge in [0, 0.05) is 21.6 Å². The van der Waals surface area contributed by atoms with E-state index < -0.39 is 0 Å².